The number of hydrogen-bond acceptors (Lipinski definition) is 5. The third-order valence-corrected chi connectivity index (χ3v) is 1.74. The van der Waals surface area contributed by atoms with Crippen LogP contribution < -0.4 is 10.1 Å². The van der Waals surface area contributed by atoms with Gasteiger partial charge in [-0.2, -0.15) is 0 Å². The van der Waals surface area contributed by atoms with Crippen molar-refractivity contribution in [2.45, 2.75) is 6.92 Å². The molecule has 0 bridgehead atoms. The van der Waals surface area contributed by atoms with E-state index in [4.69, 9.17) is 4.74 Å². The zero-order valence-electron chi connectivity index (χ0n) is 9.51. The van der Waals surface area contributed by atoms with E-state index in [1.165, 1.54) is 6.20 Å². The average molecular weight is 238 g/mol. The fraction of sp³-hybridized carbons (Fsp3) is 0.364. The van der Waals surface area contributed by atoms with Crippen molar-refractivity contribution in [1.29, 1.82) is 0 Å². The molecule has 1 heterocycles. The van der Waals surface area contributed by atoms with Crippen LogP contribution in [0.2, 0.25) is 0 Å². The Labute approximate surface area is 98.9 Å². The molecule has 0 fully saturated rings. The Morgan fingerprint density at radius 1 is 1.47 bits per heavy atom. The summed E-state index contributed by atoms with van der Waals surface area (Å²) in [6.45, 7) is 1.68. The van der Waals surface area contributed by atoms with Gasteiger partial charge in [0.25, 0.3) is 5.91 Å². The van der Waals surface area contributed by atoms with Gasteiger partial charge in [0.2, 0.25) is 0 Å². The summed E-state index contributed by atoms with van der Waals surface area (Å²) in [4.78, 5) is 26.0. The lowest BCUT2D eigenvalue weighted by Gasteiger charge is -2.06. The van der Waals surface area contributed by atoms with Crippen molar-refractivity contribution >= 4 is 11.9 Å². The number of rotatable bonds is 6. The topological polar surface area (TPSA) is 77.5 Å². The van der Waals surface area contributed by atoms with Crippen LogP contribution in [0.1, 0.15) is 6.92 Å². The molecule has 1 aromatic rings. The molecule has 0 aliphatic carbocycles. The lowest BCUT2D eigenvalue weighted by molar-refractivity contribution is -0.143. The number of hydrogen-bond donors (Lipinski definition) is 1. The SMILES string of the molecule is CCOC(=O)CNC(=O)COc1cccnc1. The van der Waals surface area contributed by atoms with Gasteiger partial charge < -0.3 is 14.8 Å². The molecule has 6 heteroatoms. The fourth-order valence-electron chi connectivity index (χ4n) is 1.02. The smallest absolute Gasteiger partial charge is 0.325 e. The van der Waals surface area contributed by atoms with Gasteiger partial charge in [-0.3, -0.25) is 14.6 Å². The Balaban J connectivity index is 2.20. The third-order valence-electron chi connectivity index (χ3n) is 1.74. The Kier molecular flexibility index (Phi) is 5.50. The zero-order valence-corrected chi connectivity index (χ0v) is 9.51. The summed E-state index contributed by atoms with van der Waals surface area (Å²) in [5.74, 6) is -0.358. The molecule has 1 N–H and O–H groups in total. The minimum atomic E-state index is -0.470. The Morgan fingerprint density at radius 3 is 2.94 bits per heavy atom. The monoisotopic (exact) mass is 238 g/mol. The Hall–Kier alpha value is -2.11. The van der Waals surface area contributed by atoms with Crippen LogP contribution in [0, 0.1) is 0 Å². The van der Waals surface area contributed by atoms with Crippen molar-refractivity contribution in [3.8, 4) is 5.75 Å². The first-order chi connectivity index (χ1) is 8.22. The van der Waals surface area contributed by atoms with E-state index < -0.39 is 5.97 Å². The number of carbonyl (C=O) groups excluding carboxylic acids is 2. The van der Waals surface area contributed by atoms with Crippen molar-refractivity contribution in [2.75, 3.05) is 19.8 Å². The molecule has 92 valence electrons. The van der Waals surface area contributed by atoms with Gasteiger partial charge in [0.1, 0.15) is 12.3 Å². The van der Waals surface area contributed by atoms with Crippen LogP contribution in [0.4, 0.5) is 0 Å². The minimum absolute atomic E-state index is 0.150. The third kappa shape index (κ3) is 5.50. The van der Waals surface area contributed by atoms with Crippen molar-refractivity contribution in [1.82, 2.24) is 10.3 Å². The highest BCUT2D eigenvalue weighted by Crippen LogP contribution is 2.05. The van der Waals surface area contributed by atoms with E-state index in [-0.39, 0.29) is 19.1 Å². The van der Waals surface area contributed by atoms with Crippen LogP contribution >= 0.6 is 0 Å². The highest BCUT2D eigenvalue weighted by molar-refractivity contribution is 5.82. The van der Waals surface area contributed by atoms with E-state index in [9.17, 15) is 9.59 Å². The maximum Gasteiger partial charge on any atom is 0.325 e. The summed E-state index contributed by atoms with van der Waals surface area (Å²) >= 11 is 0. The molecule has 0 radical (unpaired) electrons. The molecule has 0 unspecified atom stereocenters. The summed E-state index contributed by atoms with van der Waals surface area (Å²) in [5.41, 5.74) is 0. The molecule has 0 aliphatic heterocycles. The second-order valence-corrected chi connectivity index (χ2v) is 3.06. The molecular formula is C11H14N2O4. The summed E-state index contributed by atoms with van der Waals surface area (Å²) in [6, 6.07) is 3.39. The first-order valence-electron chi connectivity index (χ1n) is 5.17. The molecule has 0 atom stereocenters. The maximum atomic E-state index is 11.3. The quantitative estimate of drug-likeness (QED) is 0.713. The first-order valence-corrected chi connectivity index (χ1v) is 5.17. The van der Waals surface area contributed by atoms with Gasteiger partial charge in [-0.05, 0) is 19.1 Å². The number of amides is 1. The van der Waals surface area contributed by atoms with Crippen LogP contribution in [-0.2, 0) is 14.3 Å². The number of esters is 1. The van der Waals surface area contributed by atoms with E-state index in [0.29, 0.717) is 12.4 Å². The lowest BCUT2D eigenvalue weighted by atomic mass is 10.5. The number of carbonyl (C=O) groups is 2. The van der Waals surface area contributed by atoms with Gasteiger partial charge >= 0.3 is 5.97 Å². The molecule has 1 amide bonds. The summed E-state index contributed by atoms with van der Waals surface area (Å²) in [5, 5.41) is 2.38. The van der Waals surface area contributed by atoms with Gasteiger partial charge in [-0.1, -0.05) is 0 Å². The summed E-state index contributed by atoms with van der Waals surface area (Å²) in [7, 11) is 0. The average Bonchev–Trinajstić information content (AvgIpc) is 2.35. The zero-order chi connectivity index (χ0) is 12.5. The van der Waals surface area contributed by atoms with E-state index in [2.05, 4.69) is 15.0 Å². The van der Waals surface area contributed by atoms with Crippen molar-refractivity contribution in [3.05, 3.63) is 24.5 Å². The number of ether oxygens (including phenoxy) is 2. The van der Waals surface area contributed by atoms with Gasteiger partial charge in [0.05, 0.1) is 12.8 Å². The minimum Gasteiger partial charge on any atom is -0.482 e. The number of pyridine rings is 1. The summed E-state index contributed by atoms with van der Waals surface area (Å²) < 4.78 is 9.78. The second kappa shape index (κ2) is 7.21. The standard InChI is InChI=1S/C11H14N2O4/c1-2-16-11(15)7-13-10(14)8-17-9-4-3-5-12-6-9/h3-6H,2,7-8H2,1H3,(H,13,14). The molecule has 0 aromatic carbocycles. The van der Waals surface area contributed by atoms with Crippen molar-refractivity contribution < 1.29 is 19.1 Å². The van der Waals surface area contributed by atoms with Crippen LogP contribution in [0.3, 0.4) is 0 Å². The van der Waals surface area contributed by atoms with Crippen LogP contribution in [0.15, 0.2) is 24.5 Å². The van der Waals surface area contributed by atoms with Crippen LogP contribution in [0.25, 0.3) is 0 Å². The largest absolute Gasteiger partial charge is 0.482 e. The van der Waals surface area contributed by atoms with E-state index >= 15 is 0 Å². The molecule has 0 spiro atoms. The van der Waals surface area contributed by atoms with Crippen LogP contribution in [0.5, 0.6) is 5.75 Å². The molecule has 1 rings (SSSR count). The highest BCUT2D eigenvalue weighted by atomic mass is 16.5. The van der Waals surface area contributed by atoms with Gasteiger partial charge in [-0.25, -0.2) is 0 Å². The van der Waals surface area contributed by atoms with Gasteiger partial charge in [-0.15, -0.1) is 0 Å². The van der Waals surface area contributed by atoms with Gasteiger partial charge in [0.15, 0.2) is 6.61 Å². The van der Waals surface area contributed by atoms with Gasteiger partial charge in [0, 0.05) is 6.20 Å². The molecule has 0 saturated heterocycles. The normalized spacial score (nSPS) is 9.47. The van der Waals surface area contributed by atoms with Crippen molar-refractivity contribution in [3.63, 3.8) is 0 Å². The molecule has 6 nitrogen and oxygen atoms in total. The number of aromatic nitrogens is 1. The number of nitrogens with one attached hydrogen (secondary N) is 1. The first kappa shape index (κ1) is 13.0. The summed E-state index contributed by atoms with van der Waals surface area (Å²) in [6.07, 6.45) is 3.10. The molecular weight excluding hydrogens is 224 g/mol. The fourth-order valence-corrected chi connectivity index (χ4v) is 1.02. The number of nitrogens with zero attached hydrogens (tertiary/aromatic N) is 1. The predicted molar refractivity (Wildman–Crippen MR) is 59.4 cm³/mol. The van der Waals surface area contributed by atoms with E-state index in [0.717, 1.165) is 0 Å². The molecule has 0 aliphatic rings. The van der Waals surface area contributed by atoms with E-state index in [1.54, 1.807) is 25.3 Å². The second-order valence-electron chi connectivity index (χ2n) is 3.06. The molecule has 1 aromatic heterocycles. The van der Waals surface area contributed by atoms with Crippen LogP contribution in [-0.4, -0.2) is 36.6 Å². The Morgan fingerprint density at radius 2 is 2.29 bits per heavy atom. The van der Waals surface area contributed by atoms with E-state index in [1.807, 2.05) is 0 Å². The van der Waals surface area contributed by atoms with Crippen molar-refractivity contribution in [2.24, 2.45) is 0 Å². The lowest BCUT2D eigenvalue weighted by Crippen LogP contribution is -2.34. The highest BCUT2D eigenvalue weighted by Gasteiger charge is 2.06. The predicted octanol–water partition coefficient (Wildman–Crippen LogP) is 0.140. The molecule has 0 saturated carbocycles. The maximum absolute atomic E-state index is 11.3. The Bertz CT molecular complexity index is 367. The molecule has 17 heavy (non-hydrogen) atoms.